The molecule has 0 unspecified atom stereocenters. The fourth-order valence-electron chi connectivity index (χ4n) is 4.15. The summed E-state index contributed by atoms with van der Waals surface area (Å²) in [5.41, 5.74) is -0.491. The lowest BCUT2D eigenvalue weighted by Crippen LogP contribution is -2.57. The summed E-state index contributed by atoms with van der Waals surface area (Å²) in [6.45, 7) is 5.34. The summed E-state index contributed by atoms with van der Waals surface area (Å²) in [6.07, 6.45) is 2.60. The molecule has 1 spiro atoms. The maximum Gasteiger partial charge on any atom is 0.204 e. The standard InChI is InChI=1S/C14H20O4/c1-9-10-3-4-11(15)12(16)13(10,2)5-6-14(9)17-7-8-18-14/h9-10H,3-8H2,1-2H3/t9-,10-,13-/m1/s1. The van der Waals surface area contributed by atoms with Gasteiger partial charge in [-0.1, -0.05) is 13.8 Å². The van der Waals surface area contributed by atoms with Crippen LogP contribution in [0.3, 0.4) is 0 Å². The molecule has 3 rings (SSSR count). The van der Waals surface area contributed by atoms with Gasteiger partial charge in [-0.2, -0.15) is 0 Å². The third-order valence-electron chi connectivity index (χ3n) is 5.34. The third-order valence-corrected chi connectivity index (χ3v) is 5.34. The van der Waals surface area contributed by atoms with Crippen molar-refractivity contribution in [3.8, 4) is 0 Å². The summed E-state index contributed by atoms with van der Waals surface area (Å²) in [6, 6.07) is 0. The van der Waals surface area contributed by atoms with E-state index in [1.807, 2.05) is 6.92 Å². The van der Waals surface area contributed by atoms with Crippen LogP contribution in [0, 0.1) is 17.3 Å². The first-order valence-electron chi connectivity index (χ1n) is 6.85. The van der Waals surface area contributed by atoms with Crippen molar-refractivity contribution in [1.82, 2.24) is 0 Å². The van der Waals surface area contributed by atoms with E-state index in [1.54, 1.807) is 0 Å². The van der Waals surface area contributed by atoms with E-state index in [0.717, 1.165) is 12.8 Å². The van der Waals surface area contributed by atoms with E-state index >= 15 is 0 Å². The smallest absolute Gasteiger partial charge is 0.204 e. The highest BCUT2D eigenvalue weighted by molar-refractivity contribution is 6.39. The van der Waals surface area contributed by atoms with Gasteiger partial charge in [-0.25, -0.2) is 0 Å². The van der Waals surface area contributed by atoms with E-state index in [4.69, 9.17) is 9.47 Å². The van der Waals surface area contributed by atoms with Crippen LogP contribution in [0.25, 0.3) is 0 Å². The van der Waals surface area contributed by atoms with Gasteiger partial charge in [0.25, 0.3) is 0 Å². The van der Waals surface area contributed by atoms with Gasteiger partial charge in [0.15, 0.2) is 11.6 Å². The third kappa shape index (κ3) is 1.45. The molecule has 18 heavy (non-hydrogen) atoms. The number of ketones is 2. The van der Waals surface area contributed by atoms with E-state index in [9.17, 15) is 9.59 Å². The van der Waals surface area contributed by atoms with E-state index in [2.05, 4.69) is 6.92 Å². The van der Waals surface area contributed by atoms with Crippen LogP contribution in [0.1, 0.15) is 39.5 Å². The van der Waals surface area contributed by atoms with Crippen molar-refractivity contribution in [2.24, 2.45) is 17.3 Å². The van der Waals surface area contributed by atoms with Crippen LogP contribution in [0.2, 0.25) is 0 Å². The van der Waals surface area contributed by atoms with Crippen LogP contribution >= 0.6 is 0 Å². The van der Waals surface area contributed by atoms with Gasteiger partial charge in [0.2, 0.25) is 5.78 Å². The Bertz CT molecular complexity index is 397. The molecule has 0 amide bonds. The Morgan fingerprint density at radius 1 is 1.17 bits per heavy atom. The van der Waals surface area contributed by atoms with E-state index in [0.29, 0.717) is 26.1 Å². The van der Waals surface area contributed by atoms with Crippen molar-refractivity contribution in [2.75, 3.05) is 13.2 Å². The maximum atomic E-state index is 12.2. The number of fused-ring (bicyclic) bond motifs is 1. The average molecular weight is 252 g/mol. The lowest BCUT2D eigenvalue weighted by molar-refractivity contribution is -0.242. The molecule has 4 nitrogen and oxygen atoms in total. The summed E-state index contributed by atoms with van der Waals surface area (Å²) in [5, 5.41) is 0. The Hall–Kier alpha value is -0.740. The molecule has 0 bridgehead atoms. The molecule has 0 radical (unpaired) electrons. The molecule has 0 aromatic heterocycles. The van der Waals surface area contributed by atoms with E-state index in [-0.39, 0.29) is 23.4 Å². The highest BCUT2D eigenvalue weighted by Crippen LogP contribution is 2.55. The number of Topliss-reactive ketones (excluding diaryl/α,β-unsaturated/α-hetero) is 2. The second-order valence-electron chi connectivity index (χ2n) is 6.11. The first kappa shape index (κ1) is 12.3. The molecule has 1 heterocycles. The molecule has 3 atom stereocenters. The van der Waals surface area contributed by atoms with Gasteiger partial charge in [-0.15, -0.1) is 0 Å². The molecule has 4 heteroatoms. The molecule has 100 valence electrons. The molecule has 0 aromatic rings. The number of carbonyl (C=O) groups excluding carboxylic acids is 2. The number of carbonyl (C=O) groups is 2. The predicted octanol–water partition coefficient (Wildman–Crippen LogP) is 1.71. The average Bonchev–Trinajstić information content (AvgIpc) is 2.82. The van der Waals surface area contributed by atoms with Gasteiger partial charge in [-0.05, 0) is 18.8 Å². The van der Waals surface area contributed by atoms with Crippen LogP contribution in [-0.2, 0) is 19.1 Å². The van der Waals surface area contributed by atoms with Gasteiger partial charge in [-0.3, -0.25) is 9.59 Å². The summed E-state index contributed by atoms with van der Waals surface area (Å²) in [7, 11) is 0. The minimum Gasteiger partial charge on any atom is -0.347 e. The van der Waals surface area contributed by atoms with Crippen molar-refractivity contribution >= 4 is 11.6 Å². The molecular weight excluding hydrogens is 232 g/mol. The van der Waals surface area contributed by atoms with Crippen LogP contribution < -0.4 is 0 Å². The van der Waals surface area contributed by atoms with Gasteiger partial charge < -0.3 is 9.47 Å². The van der Waals surface area contributed by atoms with Gasteiger partial charge in [0, 0.05) is 24.2 Å². The van der Waals surface area contributed by atoms with Crippen LogP contribution in [-0.4, -0.2) is 30.6 Å². The van der Waals surface area contributed by atoms with Crippen molar-refractivity contribution in [3.05, 3.63) is 0 Å². The first-order chi connectivity index (χ1) is 8.50. The molecule has 2 saturated carbocycles. The Balaban J connectivity index is 1.92. The van der Waals surface area contributed by atoms with E-state index in [1.165, 1.54) is 0 Å². The van der Waals surface area contributed by atoms with Gasteiger partial charge in [0.05, 0.1) is 13.2 Å². The molecule has 3 fully saturated rings. The molecule has 1 aliphatic heterocycles. The highest BCUT2D eigenvalue weighted by Gasteiger charge is 2.59. The fraction of sp³-hybridized carbons (Fsp3) is 0.857. The normalized spacial score (nSPS) is 43.2. The minimum absolute atomic E-state index is 0.168. The Labute approximate surface area is 107 Å². The quantitative estimate of drug-likeness (QED) is 0.616. The molecule has 3 aliphatic rings. The monoisotopic (exact) mass is 252 g/mol. The number of hydrogen-bond donors (Lipinski definition) is 0. The summed E-state index contributed by atoms with van der Waals surface area (Å²) >= 11 is 0. The molecule has 0 aromatic carbocycles. The largest absolute Gasteiger partial charge is 0.347 e. The fourth-order valence-corrected chi connectivity index (χ4v) is 4.15. The maximum absolute atomic E-state index is 12.2. The Morgan fingerprint density at radius 3 is 2.50 bits per heavy atom. The SMILES string of the molecule is C[C@@H]1[C@H]2CCC(=O)C(=O)[C@]2(C)CCC12OCCO2. The molecule has 2 aliphatic carbocycles. The summed E-state index contributed by atoms with van der Waals surface area (Å²) in [4.78, 5) is 23.9. The second kappa shape index (κ2) is 3.87. The Kier molecular flexibility index (Phi) is 2.65. The lowest BCUT2D eigenvalue weighted by Gasteiger charge is -2.52. The Morgan fingerprint density at radius 2 is 1.83 bits per heavy atom. The van der Waals surface area contributed by atoms with Gasteiger partial charge >= 0.3 is 0 Å². The van der Waals surface area contributed by atoms with Gasteiger partial charge in [0.1, 0.15) is 0 Å². The predicted molar refractivity (Wildman–Crippen MR) is 63.9 cm³/mol. The lowest BCUT2D eigenvalue weighted by atomic mass is 9.54. The zero-order chi connectivity index (χ0) is 13.0. The minimum atomic E-state index is -0.495. The number of hydrogen-bond acceptors (Lipinski definition) is 4. The molecule has 0 N–H and O–H groups in total. The van der Waals surface area contributed by atoms with Crippen LogP contribution in [0.15, 0.2) is 0 Å². The van der Waals surface area contributed by atoms with Crippen molar-refractivity contribution in [3.63, 3.8) is 0 Å². The van der Waals surface area contributed by atoms with Crippen LogP contribution in [0.5, 0.6) is 0 Å². The molecule has 1 saturated heterocycles. The van der Waals surface area contributed by atoms with E-state index < -0.39 is 11.2 Å². The zero-order valence-electron chi connectivity index (χ0n) is 11.0. The zero-order valence-corrected chi connectivity index (χ0v) is 11.0. The van der Waals surface area contributed by atoms with Crippen molar-refractivity contribution in [2.45, 2.75) is 45.3 Å². The van der Waals surface area contributed by atoms with Crippen molar-refractivity contribution < 1.29 is 19.1 Å². The number of rotatable bonds is 0. The van der Waals surface area contributed by atoms with Crippen molar-refractivity contribution in [1.29, 1.82) is 0 Å². The first-order valence-corrected chi connectivity index (χ1v) is 6.85. The topological polar surface area (TPSA) is 52.6 Å². The van der Waals surface area contributed by atoms with Crippen LogP contribution in [0.4, 0.5) is 0 Å². The summed E-state index contributed by atoms with van der Waals surface area (Å²) in [5.74, 6) is -0.473. The second-order valence-corrected chi connectivity index (χ2v) is 6.11. The highest BCUT2D eigenvalue weighted by atomic mass is 16.7. The molecular formula is C14H20O4. The number of ether oxygens (including phenoxy) is 2. The summed E-state index contributed by atoms with van der Waals surface area (Å²) < 4.78 is 11.7.